The quantitative estimate of drug-likeness (QED) is 0.461. The van der Waals surface area contributed by atoms with E-state index in [1.54, 1.807) is 37.3 Å². The van der Waals surface area contributed by atoms with E-state index in [1.165, 1.54) is 21.7 Å². The van der Waals surface area contributed by atoms with E-state index >= 15 is 0 Å². The molecule has 10 heteroatoms. The Hall–Kier alpha value is -3.66. The molecule has 6 nitrogen and oxygen atoms in total. The van der Waals surface area contributed by atoms with Gasteiger partial charge in [-0.15, -0.1) is 11.3 Å². The summed E-state index contributed by atoms with van der Waals surface area (Å²) < 4.78 is 40.9. The van der Waals surface area contributed by atoms with Crippen LogP contribution < -0.4 is 10.2 Å². The van der Waals surface area contributed by atoms with Gasteiger partial charge in [-0.3, -0.25) is 14.5 Å². The number of nitrogens with one attached hydrogen (secondary N) is 1. The van der Waals surface area contributed by atoms with Crippen molar-refractivity contribution in [2.45, 2.75) is 13.1 Å². The number of fused-ring (bicyclic) bond motifs is 2. The molecule has 5 rings (SSSR count). The van der Waals surface area contributed by atoms with Gasteiger partial charge < -0.3 is 5.32 Å². The summed E-state index contributed by atoms with van der Waals surface area (Å²) in [6.45, 7) is 1.61. The Morgan fingerprint density at radius 2 is 1.91 bits per heavy atom. The van der Waals surface area contributed by atoms with Gasteiger partial charge in [0.05, 0.1) is 33.2 Å². The highest BCUT2D eigenvalue weighted by Gasteiger charge is 2.32. The number of thiophene rings is 1. The van der Waals surface area contributed by atoms with Crippen LogP contribution in [0, 0.1) is 6.92 Å². The fraction of sp³-hybridized carbons (Fsp3) is 0.136. The lowest BCUT2D eigenvalue weighted by molar-refractivity contribution is -0.137. The summed E-state index contributed by atoms with van der Waals surface area (Å²) in [5.41, 5.74) is 1.20. The minimum Gasteiger partial charge on any atom is -0.323 e. The van der Waals surface area contributed by atoms with Crippen molar-refractivity contribution in [1.82, 2.24) is 9.78 Å². The highest BCUT2D eigenvalue weighted by molar-refractivity contribution is 7.20. The minimum absolute atomic E-state index is 0.122. The molecule has 0 saturated carbocycles. The largest absolute Gasteiger partial charge is 0.416 e. The lowest BCUT2D eigenvalue weighted by atomic mass is 10.2. The van der Waals surface area contributed by atoms with Crippen LogP contribution in [0.25, 0.3) is 15.9 Å². The van der Waals surface area contributed by atoms with Crippen LogP contribution in [0.3, 0.4) is 0 Å². The van der Waals surface area contributed by atoms with E-state index < -0.39 is 11.7 Å². The second-order valence-corrected chi connectivity index (χ2v) is 8.36. The molecule has 0 atom stereocenters. The zero-order valence-electron chi connectivity index (χ0n) is 16.6. The van der Waals surface area contributed by atoms with Crippen LogP contribution in [-0.2, 0) is 11.0 Å². The molecule has 1 aliphatic rings. The maximum atomic E-state index is 13.3. The number of alkyl halides is 3. The topological polar surface area (TPSA) is 67.2 Å². The molecule has 0 saturated heterocycles. The van der Waals surface area contributed by atoms with Crippen LogP contribution >= 0.6 is 11.3 Å². The van der Waals surface area contributed by atoms with E-state index in [9.17, 15) is 22.8 Å². The van der Waals surface area contributed by atoms with Crippen LogP contribution in [0.1, 0.15) is 20.9 Å². The fourth-order valence-corrected chi connectivity index (χ4v) is 4.82. The summed E-state index contributed by atoms with van der Waals surface area (Å²) in [5.74, 6) is -0.659. The van der Waals surface area contributed by atoms with Gasteiger partial charge in [0.15, 0.2) is 0 Å². The van der Waals surface area contributed by atoms with E-state index in [1.807, 2.05) is 0 Å². The zero-order chi connectivity index (χ0) is 22.6. The molecule has 3 heterocycles. The lowest BCUT2D eigenvalue weighted by Crippen LogP contribution is -2.41. The number of amides is 2. The smallest absolute Gasteiger partial charge is 0.323 e. The third kappa shape index (κ3) is 3.32. The van der Waals surface area contributed by atoms with Crippen molar-refractivity contribution in [3.63, 3.8) is 0 Å². The number of carbonyl (C=O) groups is 2. The molecule has 0 bridgehead atoms. The monoisotopic (exact) mass is 456 g/mol. The van der Waals surface area contributed by atoms with E-state index in [4.69, 9.17) is 0 Å². The molecule has 0 aliphatic carbocycles. The average Bonchev–Trinajstić information content (AvgIpc) is 3.33. The van der Waals surface area contributed by atoms with Crippen molar-refractivity contribution >= 4 is 44.7 Å². The second kappa shape index (κ2) is 7.20. The fourth-order valence-electron chi connectivity index (χ4n) is 3.69. The molecule has 2 amide bonds. The van der Waals surface area contributed by atoms with Gasteiger partial charge in [-0.1, -0.05) is 18.2 Å². The summed E-state index contributed by atoms with van der Waals surface area (Å²) in [5, 5.41) is 7.79. The Morgan fingerprint density at radius 1 is 1.12 bits per heavy atom. The summed E-state index contributed by atoms with van der Waals surface area (Å²) in [6.07, 6.45) is -4.48. The molecule has 0 radical (unpaired) electrons. The second-order valence-electron chi connectivity index (χ2n) is 7.33. The van der Waals surface area contributed by atoms with Gasteiger partial charge in [-0.25, -0.2) is 4.68 Å². The molecule has 0 fully saturated rings. The maximum Gasteiger partial charge on any atom is 0.416 e. The van der Waals surface area contributed by atoms with Gasteiger partial charge >= 0.3 is 6.18 Å². The molecule has 4 aromatic rings. The van der Waals surface area contributed by atoms with Crippen LogP contribution in [0.2, 0.25) is 0 Å². The zero-order valence-corrected chi connectivity index (χ0v) is 17.4. The summed E-state index contributed by atoms with van der Waals surface area (Å²) in [7, 11) is 0. The Labute approximate surface area is 183 Å². The number of hydrogen-bond donors (Lipinski definition) is 1. The number of halogens is 3. The number of hydrogen-bond acceptors (Lipinski definition) is 4. The number of benzene rings is 2. The lowest BCUT2D eigenvalue weighted by Gasteiger charge is -2.28. The van der Waals surface area contributed by atoms with Crippen molar-refractivity contribution in [3.05, 3.63) is 70.7 Å². The van der Waals surface area contributed by atoms with E-state index in [0.29, 0.717) is 32.2 Å². The molecule has 2 aromatic carbocycles. The third-order valence-electron chi connectivity index (χ3n) is 5.19. The van der Waals surface area contributed by atoms with Crippen molar-refractivity contribution in [2.75, 3.05) is 16.8 Å². The van der Waals surface area contributed by atoms with Gasteiger partial charge in [-0.2, -0.15) is 18.3 Å². The average molecular weight is 456 g/mol. The van der Waals surface area contributed by atoms with Crippen LogP contribution in [-0.4, -0.2) is 28.1 Å². The van der Waals surface area contributed by atoms with E-state index in [2.05, 4.69) is 10.4 Å². The minimum atomic E-state index is -4.48. The number of nitrogens with zero attached hydrogens (tertiary/aromatic N) is 3. The first-order valence-corrected chi connectivity index (χ1v) is 10.4. The van der Waals surface area contributed by atoms with Gasteiger partial charge in [0, 0.05) is 5.39 Å². The van der Waals surface area contributed by atoms with Crippen molar-refractivity contribution in [2.24, 2.45) is 0 Å². The standard InChI is InChI=1S/C22H15F3N4O2S/c1-12-15-10-18(20(31)28-11-19(30)26-16-7-2-3-8-17(16)28)32-21(15)29(27-12)14-6-4-5-13(9-14)22(23,24)25/h2-10H,11H2,1H3,(H,26,30). The molecule has 2 aromatic heterocycles. The molecule has 32 heavy (non-hydrogen) atoms. The molecule has 1 aliphatic heterocycles. The van der Waals surface area contributed by atoms with Crippen LogP contribution in [0.5, 0.6) is 0 Å². The first-order chi connectivity index (χ1) is 15.2. The summed E-state index contributed by atoms with van der Waals surface area (Å²) in [6, 6.07) is 13.6. The Morgan fingerprint density at radius 3 is 2.69 bits per heavy atom. The number of carbonyl (C=O) groups excluding carboxylic acids is 2. The highest BCUT2D eigenvalue weighted by Crippen LogP contribution is 2.36. The van der Waals surface area contributed by atoms with Gasteiger partial charge in [0.2, 0.25) is 5.91 Å². The van der Waals surface area contributed by atoms with Crippen LogP contribution in [0.15, 0.2) is 54.6 Å². The van der Waals surface area contributed by atoms with Gasteiger partial charge in [-0.05, 0) is 43.3 Å². The van der Waals surface area contributed by atoms with E-state index in [0.717, 1.165) is 23.5 Å². The van der Waals surface area contributed by atoms with Gasteiger partial charge in [0.25, 0.3) is 5.91 Å². The number of para-hydroxylation sites is 2. The molecule has 0 unspecified atom stereocenters. The molecule has 1 N–H and O–H groups in total. The van der Waals surface area contributed by atoms with Crippen molar-refractivity contribution < 1.29 is 22.8 Å². The predicted octanol–water partition coefficient (Wildman–Crippen LogP) is 5.01. The van der Waals surface area contributed by atoms with E-state index in [-0.39, 0.29) is 24.0 Å². The molecule has 0 spiro atoms. The third-order valence-corrected chi connectivity index (χ3v) is 6.29. The summed E-state index contributed by atoms with van der Waals surface area (Å²) in [4.78, 5) is 27.7. The Kier molecular flexibility index (Phi) is 4.55. The first kappa shape index (κ1) is 20.3. The van der Waals surface area contributed by atoms with Crippen LogP contribution in [0.4, 0.5) is 24.5 Å². The first-order valence-electron chi connectivity index (χ1n) is 9.60. The molecular weight excluding hydrogens is 441 g/mol. The number of anilines is 2. The van der Waals surface area contributed by atoms with Gasteiger partial charge in [0.1, 0.15) is 11.4 Å². The number of aryl methyl sites for hydroxylation is 1. The molecule has 162 valence electrons. The predicted molar refractivity (Wildman–Crippen MR) is 115 cm³/mol. The number of aromatic nitrogens is 2. The number of rotatable bonds is 2. The Balaban J connectivity index is 1.57. The maximum absolute atomic E-state index is 13.3. The normalized spacial score (nSPS) is 13.9. The van der Waals surface area contributed by atoms with Crippen molar-refractivity contribution in [3.8, 4) is 5.69 Å². The SMILES string of the molecule is Cc1nn(-c2cccc(C(F)(F)F)c2)c2sc(C(=O)N3CC(=O)Nc4ccccc43)cc12. The highest BCUT2D eigenvalue weighted by atomic mass is 32.1. The molecular formula is C22H15F3N4O2S. The van der Waals surface area contributed by atoms with Crippen molar-refractivity contribution in [1.29, 1.82) is 0 Å². The summed E-state index contributed by atoms with van der Waals surface area (Å²) >= 11 is 1.13. The Bertz CT molecular complexity index is 1390.